The smallest absolute Gasteiger partial charge is 0.0945 e. The summed E-state index contributed by atoms with van der Waals surface area (Å²) in [4.78, 5) is 0. The number of ether oxygens (including phenoxy) is 1. The first kappa shape index (κ1) is 13.1. The van der Waals surface area contributed by atoms with Gasteiger partial charge in [-0.25, -0.2) is 0 Å². The molecule has 0 saturated carbocycles. The van der Waals surface area contributed by atoms with Gasteiger partial charge in [0.05, 0.1) is 11.2 Å². The van der Waals surface area contributed by atoms with Crippen molar-refractivity contribution in [2.24, 2.45) is 0 Å². The molecule has 1 nitrogen and oxygen atoms in total. The Kier molecular flexibility index (Phi) is 2.77. The van der Waals surface area contributed by atoms with Crippen molar-refractivity contribution in [3.8, 4) is 0 Å². The van der Waals surface area contributed by atoms with E-state index in [1.165, 1.54) is 22.3 Å². The van der Waals surface area contributed by atoms with Crippen molar-refractivity contribution in [1.29, 1.82) is 0 Å². The Morgan fingerprint density at radius 1 is 0.619 bits per heavy atom. The summed E-state index contributed by atoms with van der Waals surface area (Å²) in [6.07, 6.45) is 4.57. The molecule has 0 spiro atoms. The van der Waals surface area contributed by atoms with Gasteiger partial charge in [0.1, 0.15) is 0 Å². The fraction of sp³-hybridized carbons (Fsp3) is 0.400. The van der Waals surface area contributed by atoms with E-state index < -0.39 is 0 Å². The Morgan fingerprint density at radius 3 is 1.29 bits per heavy atom. The Hall–Kier alpha value is -1.60. The fourth-order valence-corrected chi connectivity index (χ4v) is 4.05. The third-order valence-corrected chi connectivity index (χ3v) is 5.41. The van der Waals surface area contributed by atoms with Crippen LogP contribution in [0.15, 0.2) is 48.5 Å². The average Bonchev–Trinajstić information content (AvgIpc) is 3.07. The van der Waals surface area contributed by atoms with E-state index in [4.69, 9.17) is 4.74 Å². The van der Waals surface area contributed by atoms with Crippen LogP contribution in [-0.2, 0) is 15.9 Å². The van der Waals surface area contributed by atoms with E-state index in [9.17, 15) is 0 Å². The van der Waals surface area contributed by atoms with Crippen molar-refractivity contribution in [1.82, 2.24) is 0 Å². The first-order valence-corrected chi connectivity index (χ1v) is 7.97. The van der Waals surface area contributed by atoms with Crippen molar-refractivity contribution in [3.63, 3.8) is 0 Å². The molecule has 2 aromatic rings. The van der Waals surface area contributed by atoms with Gasteiger partial charge in [-0.2, -0.15) is 0 Å². The lowest BCUT2D eigenvalue weighted by molar-refractivity contribution is -0.0551. The van der Waals surface area contributed by atoms with Crippen LogP contribution in [0, 0.1) is 13.8 Å². The lowest BCUT2D eigenvalue weighted by Gasteiger charge is -2.25. The zero-order valence-corrected chi connectivity index (χ0v) is 12.9. The van der Waals surface area contributed by atoms with Gasteiger partial charge in [-0.05, 0) is 50.7 Å². The van der Waals surface area contributed by atoms with Crippen LogP contribution in [0.5, 0.6) is 0 Å². The van der Waals surface area contributed by atoms with Gasteiger partial charge in [0.25, 0.3) is 0 Å². The minimum atomic E-state index is -0.0431. The standard InChI is InChI=1S/C20H22O/c1-15-3-7-17(8-4-15)19-11-13-20(21-19,14-12-19)18-9-5-16(2)6-10-18/h3-10H,11-14H2,1-2H3. The lowest BCUT2D eigenvalue weighted by Crippen LogP contribution is -2.22. The lowest BCUT2D eigenvalue weighted by atomic mass is 9.76. The molecule has 1 heteroatoms. The van der Waals surface area contributed by atoms with Gasteiger partial charge in [-0.3, -0.25) is 0 Å². The van der Waals surface area contributed by atoms with Crippen LogP contribution in [0.4, 0.5) is 0 Å². The van der Waals surface area contributed by atoms with Crippen LogP contribution in [0.3, 0.4) is 0 Å². The van der Waals surface area contributed by atoms with E-state index in [1.807, 2.05) is 0 Å². The van der Waals surface area contributed by atoms with E-state index in [0.717, 1.165) is 25.7 Å². The van der Waals surface area contributed by atoms with Gasteiger partial charge in [0, 0.05) is 0 Å². The molecule has 0 amide bonds. The molecule has 108 valence electrons. The highest BCUT2D eigenvalue weighted by molar-refractivity contribution is 5.35. The van der Waals surface area contributed by atoms with Crippen molar-refractivity contribution >= 4 is 0 Å². The van der Waals surface area contributed by atoms with Gasteiger partial charge in [-0.15, -0.1) is 0 Å². The molecule has 2 saturated heterocycles. The number of rotatable bonds is 2. The molecule has 2 heterocycles. The number of hydrogen-bond donors (Lipinski definition) is 0. The molecule has 21 heavy (non-hydrogen) atoms. The summed E-state index contributed by atoms with van der Waals surface area (Å²) in [7, 11) is 0. The van der Waals surface area contributed by atoms with E-state index in [1.54, 1.807) is 0 Å². The predicted molar refractivity (Wildman–Crippen MR) is 85.3 cm³/mol. The predicted octanol–water partition coefficient (Wildman–Crippen LogP) is 5.00. The summed E-state index contributed by atoms with van der Waals surface area (Å²) in [5.41, 5.74) is 5.27. The van der Waals surface area contributed by atoms with Crippen LogP contribution in [0.1, 0.15) is 47.9 Å². The SMILES string of the molecule is Cc1ccc(C23CCC(c4ccc(C)cc4)(CC2)O3)cc1. The molecule has 0 aromatic heterocycles. The van der Waals surface area contributed by atoms with E-state index in [2.05, 4.69) is 62.4 Å². The van der Waals surface area contributed by atoms with Crippen molar-refractivity contribution in [3.05, 3.63) is 70.8 Å². The maximum absolute atomic E-state index is 6.70. The minimum Gasteiger partial charge on any atom is -0.359 e. The molecule has 0 radical (unpaired) electrons. The van der Waals surface area contributed by atoms with Crippen molar-refractivity contribution < 1.29 is 4.74 Å². The first-order chi connectivity index (χ1) is 10.1. The van der Waals surface area contributed by atoms with Gasteiger partial charge in [0.2, 0.25) is 0 Å². The number of aryl methyl sites for hydroxylation is 2. The second kappa shape index (κ2) is 4.45. The highest BCUT2D eigenvalue weighted by atomic mass is 16.5. The Balaban J connectivity index is 1.69. The molecule has 0 unspecified atom stereocenters. The molecule has 2 fully saturated rings. The molecular weight excluding hydrogens is 256 g/mol. The molecule has 4 rings (SSSR count). The van der Waals surface area contributed by atoms with Gasteiger partial charge in [0.15, 0.2) is 0 Å². The number of benzene rings is 2. The number of fused-ring (bicyclic) bond motifs is 2. The van der Waals surface area contributed by atoms with Crippen LogP contribution >= 0.6 is 0 Å². The monoisotopic (exact) mass is 278 g/mol. The second-order valence-corrected chi connectivity index (χ2v) is 6.82. The maximum atomic E-state index is 6.70. The average molecular weight is 278 g/mol. The van der Waals surface area contributed by atoms with Gasteiger partial charge < -0.3 is 4.74 Å². The highest BCUT2D eigenvalue weighted by Gasteiger charge is 2.56. The maximum Gasteiger partial charge on any atom is 0.0945 e. The van der Waals surface area contributed by atoms with Gasteiger partial charge in [-0.1, -0.05) is 59.7 Å². The van der Waals surface area contributed by atoms with E-state index in [0.29, 0.717) is 0 Å². The molecular formula is C20H22O. The highest BCUT2D eigenvalue weighted by Crippen LogP contribution is 2.60. The quantitative estimate of drug-likeness (QED) is 0.751. The van der Waals surface area contributed by atoms with Crippen LogP contribution in [0.25, 0.3) is 0 Å². The van der Waals surface area contributed by atoms with E-state index >= 15 is 0 Å². The second-order valence-electron chi connectivity index (χ2n) is 6.82. The first-order valence-electron chi connectivity index (χ1n) is 7.97. The zero-order chi connectivity index (χ0) is 14.5. The van der Waals surface area contributed by atoms with Crippen LogP contribution < -0.4 is 0 Å². The molecule has 2 bridgehead atoms. The zero-order valence-electron chi connectivity index (χ0n) is 12.9. The summed E-state index contributed by atoms with van der Waals surface area (Å²) in [6.45, 7) is 4.28. The Bertz CT molecular complexity index is 584. The summed E-state index contributed by atoms with van der Waals surface area (Å²) in [5.74, 6) is 0. The summed E-state index contributed by atoms with van der Waals surface area (Å²) in [6, 6.07) is 17.8. The number of hydrogen-bond acceptors (Lipinski definition) is 1. The largest absolute Gasteiger partial charge is 0.359 e. The van der Waals surface area contributed by atoms with E-state index in [-0.39, 0.29) is 11.2 Å². The molecule has 0 N–H and O–H groups in total. The molecule has 2 aliphatic rings. The normalized spacial score (nSPS) is 30.8. The topological polar surface area (TPSA) is 9.23 Å². The summed E-state index contributed by atoms with van der Waals surface area (Å²) >= 11 is 0. The fourth-order valence-electron chi connectivity index (χ4n) is 4.05. The van der Waals surface area contributed by atoms with Crippen LogP contribution in [-0.4, -0.2) is 0 Å². The molecule has 2 aliphatic heterocycles. The molecule has 0 aliphatic carbocycles. The third kappa shape index (κ3) is 1.95. The Labute approximate surface area is 127 Å². The molecule has 2 aromatic carbocycles. The summed E-state index contributed by atoms with van der Waals surface area (Å²) < 4.78 is 6.70. The van der Waals surface area contributed by atoms with Crippen molar-refractivity contribution in [2.75, 3.05) is 0 Å². The third-order valence-electron chi connectivity index (χ3n) is 5.41. The summed E-state index contributed by atoms with van der Waals surface area (Å²) in [5, 5.41) is 0. The van der Waals surface area contributed by atoms with Crippen LogP contribution in [0.2, 0.25) is 0 Å². The molecule has 0 atom stereocenters. The minimum absolute atomic E-state index is 0.0431. The van der Waals surface area contributed by atoms with Gasteiger partial charge >= 0.3 is 0 Å². The Morgan fingerprint density at radius 2 is 0.952 bits per heavy atom. The van der Waals surface area contributed by atoms with Crippen molar-refractivity contribution in [2.45, 2.75) is 50.7 Å².